The Balaban J connectivity index is 1.63. The number of para-hydroxylation sites is 2. The van der Waals surface area contributed by atoms with Crippen LogP contribution in [-0.2, 0) is 17.8 Å². The molecular formula is C35H36N2O7. The van der Waals surface area contributed by atoms with Crippen LogP contribution >= 0.6 is 0 Å². The number of aliphatic carboxylic acids is 1. The van der Waals surface area contributed by atoms with Crippen molar-refractivity contribution in [2.24, 2.45) is 0 Å². The van der Waals surface area contributed by atoms with Gasteiger partial charge in [0.2, 0.25) is 0 Å². The zero-order valence-corrected chi connectivity index (χ0v) is 25.0. The maximum Gasteiger partial charge on any atom is 0.305 e. The highest BCUT2D eigenvalue weighted by Gasteiger charge is 2.23. The van der Waals surface area contributed by atoms with Gasteiger partial charge < -0.3 is 29.5 Å². The van der Waals surface area contributed by atoms with Crippen LogP contribution in [-0.4, -0.2) is 62.2 Å². The van der Waals surface area contributed by atoms with Gasteiger partial charge in [-0.15, -0.1) is 0 Å². The van der Waals surface area contributed by atoms with Gasteiger partial charge in [0, 0.05) is 36.3 Å². The molecule has 0 saturated carbocycles. The van der Waals surface area contributed by atoms with Gasteiger partial charge in [-0.1, -0.05) is 66.7 Å². The molecule has 4 aromatic rings. The highest BCUT2D eigenvalue weighted by Crippen LogP contribution is 2.32. The average molecular weight is 597 g/mol. The quantitative estimate of drug-likeness (QED) is 0.198. The minimum absolute atomic E-state index is 0.00975. The second kappa shape index (κ2) is 15.2. The first kappa shape index (κ1) is 31.6. The number of rotatable bonds is 14. The van der Waals surface area contributed by atoms with Crippen LogP contribution in [0, 0.1) is 0 Å². The van der Waals surface area contributed by atoms with Crippen molar-refractivity contribution in [2.45, 2.75) is 19.4 Å². The van der Waals surface area contributed by atoms with Crippen molar-refractivity contribution >= 4 is 17.8 Å². The molecule has 2 N–H and O–H groups in total. The van der Waals surface area contributed by atoms with E-state index >= 15 is 0 Å². The first-order chi connectivity index (χ1) is 21.4. The SMILES string of the molecule is COc1ccccc1CNC(=O)c1ccccc1-c1ccccc1C(=O)N(CCC(=O)O)CCc1cccc(OC)c1OC. The van der Waals surface area contributed by atoms with Gasteiger partial charge in [0.15, 0.2) is 11.5 Å². The van der Waals surface area contributed by atoms with Crippen LogP contribution in [0.15, 0.2) is 91.0 Å². The first-order valence-corrected chi connectivity index (χ1v) is 14.2. The van der Waals surface area contributed by atoms with Gasteiger partial charge in [-0.2, -0.15) is 0 Å². The molecule has 4 aromatic carbocycles. The predicted molar refractivity (Wildman–Crippen MR) is 167 cm³/mol. The van der Waals surface area contributed by atoms with E-state index in [-0.39, 0.29) is 37.9 Å². The van der Waals surface area contributed by atoms with Gasteiger partial charge in [0.1, 0.15) is 5.75 Å². The normalized spacial score (nSPS) is 10.5. The summed E-state index contributed by atoms with van der Waals surface area (Å²) in [4.78, 5) is 40.5. The van der Waals surface area contributed by atoms with Crippen molar-refractivity contribution in [3.05, 3.63) is 113 Å². The molecule has 0 aromatic heterocycles. The number of benzene rings is 4. The van der Waals surface area contributed by atoms with E-state index in [9.17, 15) is 19.5 Å². The number of nitrogens with zero attached hydrogens (tertiary/aromatic N) is 1. The van der Waals surface area contributed by atoms with E-state index in [0.717, 1.165) is 11.1 Å². The molecule has 0 saturated heterocycles. The number of carbonyl (C=O) groups excluding carboxylic acids is 2. The summed E-state index contributed by atoms with van der Waals surface area (Å²) < 4.78 is 16.4. The lowest BCUT2D eigenvalue weighted by Gasteiger charge is -2.24. The van der Waals surface area contributed by atoms with Crippen LogP contribution in [0.5, 0.6) is 17.2 Å². The van der Waals surface area contributed by atoms with E-state index in [2.05, 4.69) is 5.32 Å². The lowest BCUT2D eigenvalue weighted by Crippen LogP contribution is -2.35. The maximum absolute atomic E-state index is 14.1. The molecule has 0 unspecified atom stereocenters. The third-order valence-electron chi connectivity index (χ3n) is 7.27. The van der Waals surface area contributed by atoms with Gasteiger partial charge in [0.25, 0.3) is 11.8 Å². The number of ether oxygens (including phenoxy) is 3. The zero-order valence-electron chi connectivity index (χ0n) is 25.0. The van der Waals surface area contributed by atoms with E-state index in [4.69, 9.17) is 14.2 Å². The van der Waals surface area contributed by atoms with Crippen LogP contribution in [0.1, 0.15) is 38.3 Å². The first-order valence-electron chi connectivity index (χ1n) is 14.2. The lowest BCUT2D eigenvalue weighted by molar-refractivity contribution is -0.137. The van der Waals surface area contributed by atoms with E-state index in [1.165, 1.54) is 4.90 Å². The molecule has 9 heteroatoms. The summed E-state index contributed by atoms with van der Waals surface area (Å²) in [5.41, 5.74) is 3.58. The Kier molecular flexibility index (Phi) is 11.0. The smallest absolute Gasteiger partial charge is 0.305 e. The van der Waals surface area contributed by atoms with Crippen LogP contribution in [0.2, 0.25) is 0 Å². The van der Waals surface area contributed by atoms with E-state index in [1.807, 2.05) is 42.5 Å². The number of amides is 2. The molecule has 44 heavy (non-hydrogen) atoms. The summed E-state index contributed by atoms with van der Waals surface area (Å²) in [6.45, 7) is 0.509. The Bertz CT molecular complexity index is 1620. The van der Waals surface area contributed by atoms with Gasteiger partial charge in [-0.05, 0) is 47.4 Å². The monoisotopic (exact) mass is 596 g/mol. The highest BCUT2D eigenvalue weighted by molar-refractivity contribution is 6.06. The van der Waals surface area contributed by atoms with Crippen LogP contribution < -0.4 is 19.5 Å². The number of carboxylic acids is 1. The van der Waals surface area contributed by atoms with Crippen LogP contribution in [0.4, 0.5) is 0 Å². The summed E-state index contributed by atoms with van der Waals surface area (Å²) in [5.74, 6) is 0.153. The highest BCUT2D eigenvalue weighted by atomic mass is 16.5. The minimum Gasteiger partial charge on any atom is -0.496 e. The molecule has 0 aliphatic heterocycles. The van der Waals surface area contributed by atoms with Crippen LogP contribution in [0.3, 0.4) is 0 Å². The summed E-state index contributed by atoms with van der Waals surface area (Å²) in [5, 5.41) is 12.4. The Morgan fingerprint density at radius 3 is 1.95 bits per heavy atom. The Hall–Kier alpha value is -5.31. The zero-order chi connectivity index (χ0) is 31.5. The Morgan fingerprint density at radius 1 is 0.682 bits per heavy atom. The summed E-state index contributed by atoms with van der Waals surface area (Å²) in [7, 11) is 4.68. The molecule has 9 nitrogen and oxygen atoms in total. The molecule has 4 rings (SSSR count). The number of hydrogen-bond acceptors (Lipinski definition) is 6. The lowest BCUT2D eigenvalue weighted by atomic mass is 9.94. The summed E-state index contributed by atoms with van der Waals surface area (Å²) in [6, 6.07) is 27.1. The number of carboxylic acid groups (broad SMARTS) is 1. The summed E-state index contributed by atoms with van der Waals surface area (Å²) >= 11 is 0. The van der Waals surface area contributed by atoms with E-state index in [0.29, 0.717) is 45.9 Å². The molecule has 2 amide bonds. The topological polar surface area (TPSA) is 114 Å². The van der Waals surface area contributed by atoms with Crippen LogP contribution in [0.25, 0.3) is 11.1 Å². The molecule has 0 fully saturated rings. The van der Waals surface area contributed by atoms with Crippen molar-refractivity contribution in [1.82, 2.24) is 10.2 Å². The molecule has 0 bridgehead atoms. The fourth-order valence-corrected chi connectivity index (χ4v) is 5.06. The molecule has 228 valence electrons. The van der Waals surface area contributed by atoms with E-state index < -0.39 is 5.97 Å². The van der Waals surface area contributed by atoms with Crippen molar-refractivity contribution in [3.63, 3.8) is 0 Å². The van der Waals surface area contributed by atoms with Crippen molar-refractivity contribution < 1.29 is 33.7 Å². The van der Waals surface area contributed by atoms with Gasteiger partial charge in [-0.3, -0.25) is 14.4 Å². The number of nitrogens with one attached hydrogen (secondary N) is 1. The third-order valence-corrected chi connectivity index (χ3v) is 7.27. The molecule has 0 heterocycles. The molecular weight excluding hydrogens is 560 g/mol. The fraction of sp³-hybridized carbons (Fsp3) is 0.229. The predicted octanol–water partition coefficient (Wildman–Crippen LogP) is 5.47. The average Bonchev–Trinajstić information content (AvgIpc) is 3.06. The van der Waals surface area contributed by atoms with E-state index in [1.54, 1.807) is 69.9 Å². The number of hydrogen-bond donors (Lipinski definition) is 2. The molecule has 0 aliphatic rings. The third kappa shape index (κ3) is 7.55. The standard InChI is InChI=1S/C35H36N2O7/c1-42-30-17-9-4-11-25(30)23-36-34(40)28-15-7-5-13-26(28)27-14-6-8-16-29(27)35(41)37(22-20-32(38)39)21-19-24-12-10-18-31(43-2)33(24)44-3/h4-18H,19-23H2,1-3H3,(H,36,40)(H,38,39). The fourth-order valence-electron chi connectivity index (χ4n) is 5.06. The molecule has 0 radical (unpaired) electrons. The van der Waals surface area contributed by atoms with Crippen molar-refractivity contribution in [3.8, 4) is 28.4 Å². The molecule has 0 spiro atoms. The second-order valence-electron chi connectivity index (χ2n) is 9.92. The largest absolute Gasteiger partial charge is 0.496 e. The molecule has 0 aliphatic carbocycles. The van der Waals surface area contributed by atoms with Crippen molar-refractivity contribution in [1.29, 1.82) is 0 Å². The molecule has 0 atom stereocenters. The van der Waals surface area contributed by atoms with Crippen molar-refractivity contribution in [2.75, 3.05) is 34.4 Å². The van der Waals surface area contributed by atoms with Gasteiger partial charge in [0.05, 0.1) is 27.8 Å². The number of carbonyl (C=O) groups is 3. The maximum atomic E-state index is 14.1. The summed E-state index contributed by atoms with van der Waals surface area (Å²) in [6.07, 6.45) is 0.195. The number of methoxy groups -OCH3 is 3. The van der Waals surface area contributed by atoms with Gasteiger partial charge >= 0.3 is 5.97 Å². The Morgan fingerprint density at radius 2 is 1.27 bits per heavy atom. The van der Waals surface area contributed by atoms with Gasteiger partial charge in [-0.25, -0.2) is 0 Å². The minimum atomic E-state index is -1.01. The Labute approximate surface area is 257 Å². The second-order valence-corrected chi connectivity index (χ2v) is 9.92.